The molecular formula is C7H10N2O. The molecule has 3 heteroatoms. The van der Waals surface area contributed by atoms with E-state index in [1.54, 1.807) is 7.11 Å². The number of aliphatic imine (C=N–C) groups is 1. The molecule has 0 radical (unpaired) electrons. The molecule has 1 N–H and O–H groups in total. The quantitative estimate of drug-likeness (QED) is 0.422. The van der Waals surface area contributed by atoms with Crippen molar-refractivity contribution in [3.05, 3.63) is 12.2 Å². The molecule has 0 saturated heterocycles. The molecule has 0 fully saturated rings. The summed E-state index contributed by atoms with van der Waals surface area (Å²) in [5.41, 5.74) is 2.77. The van der Waals surface area contributed by atoms with Crippen LogP contribution in [0, 0.1) is 5.92 Å². The molecule has 1 aliphatic heterocycles. The number of rotatable bonds is 1. The second kappa shape index (κ2) is 2.09. The maximum atomic E-state index is 4.76. The van der Waals surface area contributed by atoms with E-state index >= 15 is 0 Å². The van der Waals surface area contributed by atoms with Gasteiger partial charge in [-0.1, -0.05) is 12.2 Å². The second-order valence-electron chi connectivity index (χ2n) is 2.61. The van der Waals surface area contributed by atoms with E-state index in [-0.39, 0.29) is 0 Å². The van der Waals surface area contributed by atoms with Gasteiger partial charge in [0.05, 0.1) is 13.2 Å². The number of hydrogen-bond donors (Lipinski definition) is 1. The largest absolute Gasteiger partial charge is 0.278 e. The normalized spacial score (nSPS) is 34.7. The van der Waals surface area contributed by atoms with E-state index in [9.17, 15) is 0 Å². The summed E-state index contributed by atoms with van der Waals surface area (Å²) in [6.45, 7) is 0. The lowest BCUT2D eigenvalue weighted by molar-refractivity contribution is 0.141. The molecule has 2 bridgehead atoms. The summed E-state index contributed by atoms with van der Waals surface area (Å²) >= 11 is 0. The third-order valence-corrected chi connectivity index (χ3v) is 1.92. The standard InChI is InChI=1S/C7H10N2O/c1-10-9-7-5-2-3-6(4-5)8-7/h2-3,5-6H,4H2,1H3,(H,8,9). The topological polar surface area (TPSA) is 33.6 Å². The van der Waals surface area contributed by atoms with Gasteiger partial charge in [-0.3, -0.25) is 15.3 Å². The summed E-state index contributed by atoms with van der Waals surface area (Å²) in [4.78, 5) is 9.10. The predicted molar refractivity (Wildman–Crippen MR) is 38.6 cm³/mol. The van der Waals surface area contributed by atoms with Crippen molar-refractivity contribution >= 4 is 5.84 Å². The number of dihydropyridines is 1. The van der Waals surface area contributed by atoms with Crippen LogP contribution in [0.15, 0.2) is 17.1 Å². The van der Waals surface area contributed by atoms with Crippen molar-refractivity contribution in [1.29, 1.82) is 0 Å². The Morgan fingerprint density at radius 1 is 1.70 bits per heavy atom. The fraction of sp³-hybridized carbons (Fsp3) is 0.571. The molecule has 2 unspecified atom stereocenters. The SMILES string of the molecule is CONC1=NC2C=CC1C2. The van der Waals surface area contributed by atoms with Crippen molar-refractivity contribution < 1.29 is 4.84 Å². The van der Waals surface area contributed by atoms with Gasteiger partial charge in [-0.15, -0.1) is 0 Å². The maximum Gasteiger partial charge on any atom is 0.128 e. The third kappa shape index (κ3) is 0.743. The van der Waals surface area contributed by atoms with Crippen molar-refractivity contribution in [2.24, 2.45) is 10.9 Å². The van der Waals surface area contributed by atoms with Crippen LogP contribution in [0.25, 0.3) is 0 Å². The van der Waals surface area contributed by atoms with Crippen LogP contribution in [0.3, 0.4) is 0 Å². The summed E-state index contributed by atoms with van der Waals surface area (Å²) in [6, 6.07) is 0.419. The molecule has 2 aliphatic rings. The van der Waals surface area contributed by atoms with E-state index in [1.165, 1.54) is 0 Å². The lowest BCUT2D eigenvalue weighted by atomic mass is 10.1. The van der Waals surface area contributed by atoms with Gasteiger partial charge < -0.3 is 0 Å². The Labute approximate surface area is 59.7 Å². The average molecular weight is 138 g/mol. The molecule has 1 heterocycles. The number of fused-ring (bicyclic) bond motifs is 2. The molecule has 3 nitrogen and oxygen atoms in total. The van der Waals surface area contributed by atoms with Gasteiger partial charge in [0, 0.05) is 5.92 Å². The first-order chi connectivity index (χ1) is 4.90. The van der Waals surface area contributed by atoms with Gasteiger partial charge >= 0.3 is 0 Å². The molecule has 0 spiro atoms. The van der Waals surface area contributed by atoms with Gasteiger partial charge in [0.2, 0.25) is 0 Å². The van der Waals surface area contributed by atoms with E-state index in [4.69, 9.17) is 4.84 Å². The molecule has 10 heavy (non-hydrogen) atoms. The summed E-state index contributed by atoms with van der Waals surface area (Å²) < 4.78 is 0. The van der Waals surface area contributed by atoms with Crippen LogP contribution in [0.1, 0.15) is 6.42 Å². The molecule has 2 atom stereocenters. The smallest absolute Gasteiger partial charge is 0.128 e. The molecule has 0 saturated carbocycles. The van der Waals surface area contributed by atoms with Crippen LogP contribution in [-0.4, -0.2) is 19.0 Å². The van der Waals surface area contributed by atoms with Crippen LogP contribution < -0.4 is 5.48 Å². The van der Waals surface area contributed by atoms with E-state index in [0.29, 0.717) is 12.0 Å². The highest BCUT2D eigenvalue weighted by molar-refractivity contribution is 5.88. The second-order valence-corrected chi connectivity index (χ2v) is 2.61. The average Bonchev–Trinajstić information content (AvgIpc) is 2.48. The van der Waals surface area contributed by atoms with Gasteiger partial charge in [0.1, 0.15) is 5.84 Å². The van der Waals surface area contributed by atoms with E-state index in [0.717, 1.165) is 12.3 Å². The Hall–Kier alpha value is -0.830. The van der Waals surface area contributed by atoms with Crippen molar-refractivity contribution in [3.8, 4) is 0 Å². The number of nitrogens with zero attached hydrogens (tertiary/aromatic N) is 1. The highest BCUT2D eigenvalue weighted by atomic mass is 16.6. The summed E-state index contributed by atoms with van der Waals surface area (Å²) in [6.07, 6.45) is 5.45. The van der Waals surface area contributed by atoms with Crippen molar-refractivity contribution in [1.82, 2.24) is 5.48 Å². The summed E-state index contributed by atoms with van der Waals surface area (Å²) in [5.74, 6) is 1.47. The Kier molecular flexibility index (Phi) is 1.24. The van der Waals surface area contributed by atoms with E-state index in [2.05, 4.69) is 22.6 Å². The van der Waals surface area contributed by atoms with Gasteiger partial charge in [0.15, 0.2) is 0 Å². The minimum absolute atomic E-state index is 0.419. The Morgan fingerprint density at radius 2 is 2.60 bits per heavy atom. The van der Waals surface area contributed by atoms with E-state index in [1.807, 2.05) is 0 Å². The van der Waals surface area contributed by atoms with Crippen molar-refractivity contribution in [2.45, 2.75) is 12.5 Å². The molecule has 1 aliphatic carbocycles. The zero-order valence-electron chi connectivity index (χ0n) is 5.87. The van der Waals surface area contributed by atoms with Crippen LogP contribution in [0.2, 0.25) is 0 Å². The van der Waals surface area contributed by atoms with Crippen molar-refractivity contribution in [2.75, 3.05) is 7.11 Å². The minimum atomic E-state index is 0.419. The third-order valence-electron chi connectivity index (χ3n) is 1.92. The van der Waals surface area contributed by atoms with Crippen LogP contribution in [-0.2, 0) is 4.84 Å². The lowest BCUT2D eigenvalue weighted by Gasteiger charge is -2.07. The molecular weight excluding hydrogens is 128 g/mol. The monoisotopic (exact) mass is 138 g/mol. The highest BCUT2D eigenvalue weighted by Crippen LogP contribution is 2.27. The number of hydrogen-bond acceptors (Lipinski definition) is 3. The van der Waals surface area contributed by atoms with Gasteiger partial charge in [0.25, 0.3) is 0 Å². The first-order valence-corrected chi connectivity index (χ1v) is 3.45. The predicted octanol–water partition coefficient (Wildman–Crippen LogP) is 0.494. The first-order valence-electron chi connectivity index (χ1n) is 3.45. The summed E-state index contributed by atoms with van der Waals surface area (Å²) in [5, 5.41) is 0. The van der Waals surface area contributed by atoms with Gasteiger partial charge in [-0.2, -0.15) is 0 Å². The highest BCUT2D eigenvalue weighted by Gasteiger charge is 2.29. The van der Waals surface area contributed by atoms with Gasteiger partial charge in [-0.05, 0) is 6.42 Å². The Bertz CT molecular complexity index is 198. The fourth-order valence-corrected chi connectivity index (χ4v) is 1.46. The zero-order chi connectivity index (χ0) is 6.97. The van der Waals surface area contributed by atoms with E-state index < -0.39 is 0 Å². The zero-order valence-corrected chi connectivity index (χ0v) is 5.87. The Balaban J connectivity index is 2.07. The maximum absolute atomic E-state index is 4.76. The van der Waals surface area contributed by atoms with Crippen LogP contribution in [0.4, 0.5) is 0 Å². The fourth-order valence-electron chi connectivity index (χ4n) is 1.46. The van der Waals surface area contributed by atoms with Crippen LogP contribution >= 0.6 is 0 Å². The molecule has 0 aromatic rings. The van der Waals surface area contributed by atoms with Crippen LogP contribution in [0.5, 0.6) is 0 Å². The number of hydroxylamine groups is 1. The first kappa shape index (κ1) is 5.92. The Morgan fingerprint density at radius 3 is 3.10 bits per heavy atom. The molecule has 0 aromatic carbocycles. The van der Waals surface area contributed by atoms with Crippen molar-refractivity contribution in [3.63, 3.8) is 0 Å². The van der Waals surface area contributed by atoms with Gasteiger partial charge in [-0.25, -0.2) is 0 Å². The summed E-state index contributed by atoms with van der Waals surface area (Å²) in [7, 11) is 1.61. The number of nitrogens with one attached hydrogen (secondary N) is 1. The lowest BCUT2D eigenvalue weighted by Crippen LogP contribution is -2.26. The molecule has 0 amide bonds. The minimum Gasteiger partial charge on any atom is -0.278 e. The number of amidine groups is 1. The molecule has 54 valence electrons. The molecule has 0 aromatic heterocycles. The molecule has 2 rings (SSSR count).